The SMILES string of the molecule is C=C1C(=O)O[C@H]2[C@H](OC(C)=O)[C@@H](C)CCC/C(C)=C/CC[C@@]3(C)O[C@@H]3C[C@@H]12. The number of hydrogen-bond donors (Lipinski definition) is 0. The Kier molecular flexibility index (Phi) is 5.80. The van der Waals surface area contributed by atoms with E-state index in [4.69, 9.17) is 14.2 Å². The van der Waals surface area contributed by atoms with Crippen molar-refractivity contribution >= 4 is 11.9 Å². The zero-order chi connectivity index (χ0) is 19.8. The van der Waals surface area contributed by atoms with Gasteiger partial charge in [-0.3, -0.25) is 4.79 Å². The topological polar surface area (TPSA) is 65.1 Å². The molecule has 0 spiro atoms. The van der Waals surface area contributed by atoms with E-state index in [2.05, 4.69) is 33.4 Å². The molecule has 0 amide bonds. The first kappa shape index (κ1) is 20.1. The van der Waals surface area contributed by atoms with Crippen LogP contribution in [0.3, 0.4) is 0 Å². The lowest BCUT2D eigenvalue weighted by Gasteiger charge is -2.31. The molecule has 0 unspecified atom stereocenters. The quantitative estimate of drug-likeness (QED) is 0.298. The van der Waals surface area contributed by atoms with Crippen molar-refractivity contribution in [3.63, 3.8) is 0 Å². The van der Waals surface area contributed by atoms with Gasteiger partial charge in [-0.15, -0.1) is 0 Å². The average Bonchev–Trinajstić information content (AvgIpc) is 3.14. The molecule has 0 N–H and O–H groups in total. The second-order valence-corrected chi connectivity index (χ2v) is 8.69. The highest BCUT2D eigenvalue weighted by Crippen LogP contribution is 2.48. The van der Waals surface area contributed by atoms with Gasteiger partial charge in [0, 0.05) is 18.4 Å². The maximum Gasteiger partial charge on any atom is 0.334 e. The largest absolute Gasteiger partial charge is 0.458 e. The van der Waals surface area contributed by atoms with Gasteiger partial charge in [-0.05, 0) is 58.3 Å². The summed E-state index contributed by atoms with van der Waals surface area (Å²) in [6, 6.07) is 0. The fourth-order valence-electron chi connectivity index (χ4n) is 4.52. The third kappa shape index (κ3) is 4.45. The standard InChI is InChI=1S/C22H32O5/c1-13-8-6-10-14(2)19(25-16(4)23)20-17(15(3)21(24)26-20)12-18-22(5,27-18)11-7-9-13/h9,14,17-20H,3,6-8,10-12H2,1-2,4-5H3/b13-9+/t14-,17-,18+,19+,20+,22+/m0/s1. The summed E-state index contributed by atoms with van der Waals surface area (Å²) in [5.41, 5.74) is 1.72. The molecular weight excluding hydrogens is 344 g/mol. The first-order valence-corrected chi connectivity index (χ1v) is 10.1. The van der Waals surface area contributed by atoms with Crippen molar-refractivity contribution in [3.8, 4) is 0 Å². The molecule has 2 aliphatic heterocycles. The number of esters is 2. The van der Waals surface area contributed by atoms with Crippen molar-refractivity contribution in [1.82, 2.24) is 0 Å². The number of epoxide rings is 1. The Morgan fingerprint density at radius 1 is 1.41 bits per heavy atom. The lowest BCUT2D eigenvalue weighted by molar-refractivity contribution is -0.165. The monoisotopic (exact) mass is 376 g/mol. The van der Waals surface area contributed by atoms with Crippen molar-refractivity contribution in [2.45, 2.75) is 90.1 Å². The van der Waals surface area contributed by atoms with Gasteiger partial charge in [-0.2, -0.15) is 0 Å². The summed E-state index contributed by atoms with van der Waals surface area (Å²) in [6.45, 7) is 11.8. The van der Waals surface area contributed by atoms with Crippen LogP contribution in [0.2, 0.25) is 0 Å². The fraction of sp³-hybridized carbons (Fsp3) is 0.727. The van der Waals surface area contributed by atoms with E-state index >= 15 is 0 Å². The van der Waals surface area contributed by atoms with Crippen LogP contribution in [0.4, 0.5) is 0 Å². The number of carbonyl (C=O) groups is 2. The van der Waals surface area contributed by atoms with Crippen LogP contribution in [-0.2, 0) is 23.8 Å². The number of rotatable bonds is 1. The predicted molar refractivity (Wildman–Crippen MR) is 102 cm³/mol. The highest BCUT2D eigenvalue weighted by atomic mass is 16.6. The summed E-state index contributed by atoms with van der Waals surface area (Å²) in [7, 11) is 0. The second kappa shape index (κ2) is 7.78. The molecule has 6 atom stereocenters. The molecule has 5 heteroatoms. The number of carbonyl (C=O) groups excluding carboxylic acids is 2. The third-order valence-electron chi connectivity index (χ3n) is 6.40. The minimum atomic E-state index is -0.475. The molecule has 0 aromatic carbocycles. The normalized spacial score (nSPS) is 42.1. The zero-order valence-corrected chi connectivity index (χ0v) is 17.0. The van der Waals surface area contributed by atoms with E-state index in [0.717, 1.165) is 32.1 Å². The second-order valence-electron chi connectivity index (χ2n) is 8.69. The average molecular weight is 376 g/mol. The summed E-state index contributed by atoms with van der Waals surface area (Å²) in [5.74, 6) is -0.791. The van der Waals surface area contributed by atoms with Gasteiger partial charge in [0.15, 0.2) is 0 Å². The molecule has 3 rings (SSSR count). The first-order chi connectivity index (χ1) is 12.7. The van der Waals surface area contributed by atoms with Gasteiger partial charge in [-0.1, -0.05) is 25.2 Å². The molecule has 150 valence electrons. The van der Waals surface area contributed by atoms with Gasteiger partial charge in [0.25, 0.3) is 0 Å². The molecular formula is C22H32O5. The van der Waals surface area contributed by atoms with E-state index in [1.54, 1.807) is 0 Å². The molecule has 0 aromatic heterocycles. The maximum atomic E-state index is 12.3. The summed E-state index contributed by atoms with van der Waals surface area (Å²) < 4.78 is 17.3. The molecule has 2 saturated heterocycles. The Hall–Kier alpha value is -1.62. The Balaban J connectivity index is 1.86. The van der Waals surface area contributed by atoms with E-state index in [1.807, 2.05) is 0 Å². The lowest BCUT2D eigenvalue weighted by Crippen LogP contribution is -2.40. The predicted octanol–water partition coefficient (Wildman–Crippen LogP) is 4.11. The van der Waals surface area contributed by atoms with Crippen molar-refractivity contribution < 1.29 is 23.8 Å². The van der Waals surface area contributed by atoms with Gasteiger partial charge in [0.1, 0.15) is 12.2 Å². The molecule has 1 aliphatic carbocycles. The van der Waals surface area contributed by atoms with Crippen LogP contribution in [-0.4, -0.2) is 35.9 Å². The van der Waals surface area contributed by atoms with Crippen LogP contribution in [0.1, 0.15) is 66.2 Å². The van der Waals surface area contributed by atoms with Crippen LogP contribution in [0, 0.1) is 11.8 Å². The zero-order valence-electron chi connectivity index (χ0n) is 17.0. The van der Waals surface area contributed by atoms with Crippen LogP contribution in [0.5, 0.6) is 0 Å². The summed E-state index contributed by atoms with van der Waals surface area (Å²) >= 11 is 0. The molecule has 0 radical (unpaired) electrons. The number of ether oxygens (including phenoxy) is 3. The van der Waals surface area contributed by atoms with Crippen molar-refractivity contribution in [1.29, 1.82) is 0 Å². The van der Waals surface area contributed by atoms with E-state index in [0.29, 0.717) is 12.0 Å². The van der Waals surface area contributed by atoms with Crippen molar-refractivity contribution in [2.75, 3.05) is 0 Å². The third-order valence-corrected chi connectivity index (χ3v) is 6.40. The Labute approximate surface area is 162 Å². The van der Waals surface area contributed by atoms with E-state index < -0.39 is 12.2 Å². The molecule has 0 aromatic rings. The number of allylic oxidation sites excluding steroid dienone is 2. The van der Waals surface area contributed by atoms with Gasteiger partial charge < -0.3 is 14.2 Å². The van der Waals surface area contributed by atoms with Crippen LogP contribution in [0.25, 0.3) is 0 Å². The highest BCUT2D eigenvalue weighted by Gasteiger charge is 2.56. The lowest BCUT2D eigenvalue weighted by atomic mass is 9.81. The van der Waals surface area contributed by atoms with Crippen LogP contribution < -0.4 is 0 Å². The molecule has 2 fully saturated rings. The molecule has 3 aliphatic rings. The van der Waals surface area contributed by atoms with E-state index in [-0.39, 0.29) is 35.5 Å². The Morgan fingerprint density at radius 3 is 2.85 bits per heavy atom. The molecule has 0 saturated carbocycles. The van der Waals surface area contributed by atoms with Crippen molar-refractivity contribution in [3.05, 3.63) is 23.8 Å². The number of fused-ring (bicyclic) bond motifs is 2. The highest BCUT2D eigenvalue weighted by molar-refractivity contribution is 5.91. The Morgan fingerprint density at radius 2 is 2.15 bits per heavy atom. The number of hydrogen-bond acceptors (Lipinski definition) is 5. The fourth-order valence-corrected chi connectivity index (χ4v) is 4.52. The minimum absolute atomic E-state index is 0.0844. The van der Waals surface area contributed by atoms with Gasteiger partial charge in [0.05, 0.1) is 11.7 Å². The molecule has 5 nitrogen and oxygen atoms in total. The minimum Gasteiger partial charge on any atom is -0.458 e. The van der Waals surface area contributed by atoms with Gasteiger partial charge in [0.2, 0.25) is 0 Å². The van der Waals surface area contributed by atoms with Gasteiger partial charge in [-0.25, -0.2) is 4.79 Å². The van der Waals surface area contributed by atoms with Crippen LogP contribution in [0.15, 0.2) is 23.8 Å². The smallest absolute Gasteiger partial charge is 0.334 e. The van der Waals surface area contributed by atoms with Gasteiger partial charge >= 0.3 is 11.9 Å². The summed E-state index contributed by atoms with van der Waals surface area (Å²) in [4.78, 5) is 24.0. The van der Waals surface area contributed by atoms with Crippen molar-refractivity contribution in [2.24, 2.45) is 11.8 Å². The summed E-state index contributed by atoms with van der Waals surface area (Å²) in [6.07, 6.45) is 7.08. The maximum absolute atomic E-state index is 12.3. The Bertz CT molecular complexity index is 651. The molecule has 2 heterocycles. The molecule has 27 heavy (non-hydrogen) atoms. The summed E-state index contributed by atoms with van der Waals surface area (Å²) in [5, 5.41) is 0. The van der Waals surface area contributed by atoms with E-state index in [9.17, 15) is 9.59 Å². The molecule has 0 bridgehead atoms. The van der Waals surface area contributed by atoms with Crippen LogP contribution >= 0.6 is 0 Å². The van der Waals surface area contributed by atoms with E-state index in [1.165, 1.54) is 12.5 Å². The first-order valence-electron chi connectivity index (χ1n) is 10.1.